The minimum absolute atomic E-state index is 0.120. The van der Waals surface area contributed by atoms with Crippen LogP contribution >= 0.6 is 0 Å². The van der Waals surface area contributed by atoms with Crippen LogP contribution in [0.5, 0.6) is 0 Å². The monoisotopic (exact) mass is 488 g/mol. The predicted molar refractivity (Wildman–Crippen MR) is 136 cm³/mol. The minimum Gasteiger partial charge on any atom is -0.203 e. The molecule has 4 rings (SSSR count). The van der Waals surface area contributed by atoms with E-state index in [9.17, 15) is 17.6 Å². The Kier molecular flexibility index (Phi) is 8.60. The minimum atomic E-state index is -4.13. The van der Waals surface area contributed by atoms with Crippen molar-refractivity contribution in [3.05, 3.63) is 59.7 Å². The van der Waals surface area contributed by atoms with E-state index in [2.05, 4.69) is 25.1 Å². The van der Waals surface area contributed by atoms with Gasteiger partial charge in [-0.15, -0.1) is 0 Å². The van der Waals surface area contributed by atoms with Crippen LogP contribution in [-0.2, 0) is 11.3 Å². The van der Waals surface area contributed by atoms with Gasteiger partial charge in [0.15, 0.2) is 0 Å². The van der Waals surface area contributed by atoms with E-state index in [1.165, 1.54) is 101 Å². The molecule has 0 bridgehead atoms. The molecule has 0 aliphatic heterocycles. The Bertz CT molecular complexity index is 919. The van der Waals surface area contributed by atoms with Crippen molar-refractivity contribution in [2.45, 2.75) is 108 Å². The average Bonchev–Trinajstić information content (AvgIpc) is 2.89. The van der Waals surface area contributed by atoms with Gasteiger partial charge in [0, 0.05) is 5.56 Å². The van der Waals surface area contributed by atoms with Gasteiger partial charge in [-0.25, -0.2) is 8.78 Å². The summed E-state index contributed by atoms with van der Waals surface area (Å²) >= 11 is 0. The van der Waals surface area contributed by atoms with E-state index < -0.39 is 17.9 Å². The van der Waals surface area contributed by atoms with Gasteiger partial charge in [-0.2, -0.15) is 8.78 Å². The third kappa shape index (κ3) is 5.62. The number of hydrogen-bond acceptors (Lipinski definition) is 0. The summed E-state index contributed by atoms with van der Waals surface area (Å²) in [4.78, 5) is 0. The van der Waals surface area contributed by atoms with Gasteiger partial charge in [0.2, 0.25) is 0 Å². The molecule has 2 aromatic rings. The Morgan fingerprint density at radius 3 is 2.14 bits per heavy atom. The Hall–Kier alpha value is -1.84. The van der Waals surface area contributed by atoms with Gasteiger partial charge in [0.05, 0.1) is 0 Å². The molecule has 35 heavy (non-hydrogen) atoms. The number of unbranched alkanes of at least 4 members (excludes halogenated alkanes) is 2. The molecule has 4 heteroatoms. The first kappa shape index (κ1) is 26.2. The van der Waals surface area contributed by atoms with Crippen molar-refractivity contribution in [2.24, 2.45) is 11.8 Å². The molecule has 0 spiro atoms. The van der Waals surface area contributed by atoms with Crippen molar-refractivity contribution in [1.82, 2.24) is 0 Å². The molecule has 2 fully saturated rings. The molecule has 0 atom stereocenters. The number of benzene rings is 2. The Labute approximate surface area is 208 Å². The van der Waals surface area contributed by atoms with E-state index in [0.717, 1.165) is 17.0 Å². The molecule has 0 amide bonds. The van der Waals surface area contributed by atoms with Crippen molar-refractivity contribution in [1.29, 1.82) is 0 Å². The average molecular weight is 489 g/mol. The van der Waals surface area contributed by atoms with Gasteiger partial charge in [0.1, 0.15) is 0 Å². The van der Waals surface area contributed by atoms with E-state index in [1.54, 1.807) is 12.1 Å². The first-order valence-electron chi connectivity index (χ1n) is 13.7. The molecule has 0 heterocycles. The highest BCUT2D eigenvalue weighted by atomic mass is 19.3. The molecule has 0 saturated heterocycles. The third-order valence-electron chi connectivity index (χ3n) is 8.91. The van der Waals surface area contributed by atoms with Crippen LogP contribution in [-0.4, -0.2) is 6.43 Å². The maximum Gasteiger partial charge on any atom is 0.332 e. The fourth-order valence-corrected chi connectivity index (χ4v) is 6.93. The highest BCUT2D eigenvalue weighted by molar-refractivity contribution is 5.69. The molecular formula is C31H40F4. The Morgan fingerprint density at radius 2 is 1.51 bits per heavy atom. The normalized spacial score (nSPS) is 22.9. The van der Waals surface area contributed by atoms with Crippen LogP contribution in [0.1, 0.15) is 102 Å². The first-order valence-corrected chi connectivity index (χ1v) is 13.7. The standard InChI is InChI=1S/C31H40F4/c1-2-3-5-10-23-13-17-25(18-14-23)30(21-8-4-9-22-30)28-12-7-6-11-27(28)24-15-19-26(20-16-24)31(34,35)29(32)33/h6-7,11-12,15-16,19-20,23,25,29H,2-5,8-10,13-14,17-18,21-22H2,1H3. The Balaban J connectivity index is 1.61. The molecule has 0 nitrogen and oxygen atoms in total. The van der Waals surface area contributed by atoms with Crippen LogP contribution in [0.15, 0.2) is 48.5 Å². The van der Waals surface area contributed by atoms with Crippen molar-refractivity contribution in [3.63, 3.8) is 0 Å². The van der Waals surface area contributed by atoms with Gasteiger partial charge in [-0.05, 0) is 59.6 Å². The van der Waals surface area contributed by atoms with E-state index >= 15 is 0 Å². The fourth-order valence-electron chi connectivity index (χ4n) is 6.93. The third-order valence-corrected chi connectivity index (χ3v) is 8.91. The molecule has 0 aromatic heterocycles. The van der Waals surface area contributed by atoms with Crippen LogP contribution in [0, 0.1) is 11.8 Å². The van der Waals surface area contributed by atoms with Gasteiger partial charge in [-0.3, -0.25) is 0 Å². The smallest absolute Gasteiger partial charge is 0.203 e. The van der Waals surface area contributed by atoms with Crippen LogP contribution in [0.2, 0.25) is 0 Å². The molecule has 0 radical (unpaired) electrons. The summed E-state index contributed by atoms with van der Waals surface area (Å²) in [6, 6.07) is 14.0. The lowest BCUT2D eigenvalue weighted by Gasteiger charge is -2.48. The lowest BCUT2D eigenvalue weighted by molar-refractivity contribution is -0.135. The molecule has 2 aromatic carbocycles. The van der Waals surface area contributed by atoms with Crippen LogP contribution < -0.4 is 0 Å². The highest BCUT2D eigenvalue weighted by Gasteiger charge is 2.44. The summed E-state index contributed by atoms with van der Waals surface area (Å²) < 4.78 is 53.4. The number of alkyl halides is 4. The van der Waals surface area contributed by atoms with Crippen molar-refractivity contribution < 1.29 is 17.6 Å². The summed E-state index contributed by atoms with van der Waals surface area (Å²) in [7, 11) is 0. The first-order chi connectivity index (χ1) is 16.9. The molecule has 0 N–H and O–H groups in total. The second-order valence-corrected chi connectivity index (χ2v) is 11.0. The van der Waals surface area contributed by atoms with Gasteiger partial charge in [-0.1, -0.05) is 113 Å². The predicted octanol–water partition coefficient (Wildman–Crippen LogP) is 10.3. The van der Waals surface area contributed by atoms with Crippen molar-refractivity contribution >= 4 is 0 Å². The number of rotatable bonds is 9. The van der Waals surface area contributed by atoms with E-state index in [1.807, 2.05) is 6.07 Å². The Morgan fingerprint density at radius 1 is 0.857 bits per heavy atom. The number of halogens is 4. The lowest BCUT2D eigenvalue weighted by atomic mass is 9.56. The summed E-state index contributed by atoms with van der Waals surface area (Å²) in [6.07, 6.45) is 12.9. The SMILES string of the molecule is CCCCCC1CCC(C2(c3ccccc3-c3ccc(C(F)(F)C(F)F)cc3)CCCCC2)CC1. The van der Waals surface area contributed by atoms with Crippen LogP contribution in [0.3, 0.4) is 0 Å². The molecule has 2 aliphatic rings. The fraction of sp³-hybridized carbons (Fsp3) is 0.613. The van der Waals surface area contributed by atoms with E-state index in [0.29, 0.717) is 5.92 Å². The summed E-state index contributed by atoms with van der Waals surface area (Å²) in [6.45, 7) is 2.26. The highest BCUT2D eigenvalue weighted by Crippen LogP contribution is 2.53. The second kappa shape index (κ2) is 11.5. The van der Waals surface area contributed by atoms with E-state index in [-0.39, 0.29) is 5.41 Å². The summed E-state index contributed by atoms with van der Waals surface area (Å²) in [5.74, 6) is -2.62. The zero-order valence-corrected chi connectivity index (χ0v) is 21.1. The van der Waals surface area contributed by atoms with Gasteiger partial charge < -0.3 is 0 Å². The molecule has 0 unspecified atom stereocenters. The second-order valence-electron chi connectivity index (χ2n) is 11.0. The summed E-state index contributed by atoms with van der Waals surface area (Å²) in [5.41, 5.74) is 2.75. The van der Waals surface area contributed by atoms with Crippen molar-refractivity contribution in [2.75, 3.05) is 0 Å². The maximum absolute atomic E-state index is 13.9. The van der Waals surface area contributed by atoms with Gasteiger partial charge in [0.25, 0.3) is 0 Å². The zero-order chi connectivity index (χ0) is 24.9. The lowest BCUT2D eigenvalue weighted by Crippen LogP contribution is -2.40. The van der Waals surface area contributed by atoms with Gasteiger partial charge >= 0.3 is 12.3 Å². The molecule has 2 saturated carbocycles. The topological polar surface area (TPSA) is 0 Å². The largest absolute Gasteiger partial charge is 0.332 e. The van der Waals surface area contributed by atoms with Crippen LogP contribution in [0.25, 0.3) is 11.1 Å². The number of hydrogen-bond donors (Lipinski definition) is 0. The van der Waals surface area contributed by atoms with Crippen LogP contribution in [0.4, 0.5) is 17.6 Å². The maximum atomic E-state index is 13.9. The zero-order valence-electron chi connectivity index (χ0n) is 21.1. The van der Waals surface area contributed by atoms with Crippen molar-refractivity contribution in [3.8, 4) is 11.1 Å². The molecular weight excluding hydrogens is 448 g/mol. The molecule has 192 valence electrons. The van der Waals surface area contributed by atoms with E-state index in [4.69, 9.17) is 0 Å². The quantitative estimate of drug-likeness (QED) is 0.243. The summed E-state index contributed by atoms with van der Waals surface area (Å²) in [5, 5.41) is 0. The molecule has 2 aliphatic carbocycles.